The minimum absolute atomic E-state index is 0.139. The molecule has 2 aliphatic heterocycles. The lowest BCUT2D eigenvalue weighted by Gasteiger charge is -2.18. The predicted octanol–water partition coefficient (Wildman–Crippen LogP) is 0.439. The molecule has 1 atom stereocenters. The lowest BCUT2D eigenvalue weighted by molar-refractivity contribution is 0.350. The van der Waals surface area contributed by atoms with E-state index in [9.17, 15) is 8.42 Å². The van der Waals surface area contributed by atoms with E-state index in [-0.39, 0.29) is 17.4 Å². The Bertz CT molecular complexity index is 505. The number of nitrogens with zero attached hydrogens (tertiary/aromatic N) is 2. The molecule has 0 radical (unpaired) electrons. The molecule has 1 aromatic heterocycles. The zero-order chi connectivity index (χ0) is 12.6. The van der Waals surface area contributed by atoms with Gasteiger partial charge in [-0.15, -0.1) is 0 Å². The van der Waals surface area contributed by atoms with Crippen molar-refractivity contribution in [1.82, 2.24) is 15.5 Å². The molecule has 0 aromatic carbocycles. The molecular weight excluding hydrogens is 254 g/mol. The fourth-order valence-electron chi connectivity index (χ4n) is 2.59. The predicted molar refractivity (Wildman–Crippen MR) is 65.2 cm³/mol. The van der Waals surface area contributed by atoms with Crippen LogP contribution >= 0.6 is 0 Å². The van der Waals surface area contributed by atoms with Crippen molar-refractivity contribution >= 4 is 9.84 Å². The molecule has 3 heterocycles. The summed E-state index contributed by atoms with van der Waals surface area (Å²) in [4.78, 5) is 4.45. The summed E-state index contributed by atoms with van der Waals surface area (Å²) in [7, 11) is -2.83. The molecule has 0 spiro atoms. The highest BCUT2D eigenvalue weighted by Crippen LogP contribution is 2.29. The largest absolute Gasteiger partial charge is 0.339 e. The van der Waals surface area contributed by atoms with Crippen LogP contribution in [0.25, 0.3) is 0 Å². The second-order valence-corrected chi connectivity index (χ2v) is 7.41. The first-order valence-electron chi connectivity index (χ1n) is 6.39. The van der Waals surface area contributed by atoms with E-state index in [1.807, 2.05) is 0 Å². The Morgan fingerprint density at radius 1 is 1.17 bits per heavy atom. The molecule has 7 heteroatoms. The number of rotatable bonds is 2. The average molecular weight is 271 g/mol. The number of nitrogens with one attached hydrogen (secondary N) is 1. The third-order valence-electron chi connectivity index (χ3n) is 3.79. The van der Waals surface area contributed by atoms with Crippen LogP contribution < -0.4 is 5.32 Å². The van der Waals surface area contributed by atoms with E-state index in [0.717, 1.165) is 19.5 Å². The van der Waals surface area contributed by atoms with E-state index in [0.29, 0.717) is 30.5 Å². The van der Waals surface area contributed by atoms with Gasteiger partial charge in [0.2, 0.25) is 5.89 Å². The summed E-state index contributed by atoms with van der Waals surface area (Å²) in [5.41, 5.74) is 0. The van der Waals surface area contributed by atoms with E-state index in [1.165, 1.54) is 0 Å². The molecule has 2 fully saturated rings. The van der Waals surface area contributed by atoms with Crippen molar-refractivity contribution in [2.75, 3.05) is 24.6 Å². The summed E-state index contributed by atoms with van der Waals surface area (Å²) in [6.45, 7) is 1.88. The van der Waals surface area contributed by atoms with Crippen molar-refractivity contribution in [2.45, 2.75) is 31.1 Å². The van der Waals surface area contributed by atoms with Crippen LogP contribution in [0.4, 0.5) is 0 Å². The van der Waals surface area contributed by atoms with Gasteiger partial charge in [0, 0.05) is 12.5 Å². The SMILES string of the molecule is O=S1(=O)CCC(c2noc(C3CCNC3)n2)CC1. The van der Waals surface area contributed by atoms with Crippen LogP contribution in [0.1, 0.15) is 42.8 Å². The average Bonchev–Trinajstić information content (AvgIpc) is 2.99. The van der Waals surface area contributed by atoms with E-state index in [4.69, 9.17) is 4.52 Å². The van der Waals surface area contributed by atoms with Gasteiger partial charge in [0.25, 0.3) is 0 Å². The lowest BCUT2D eigenvalue weighted by Crippen LogP contribution is -2.22. The first kappa shape index (κ1) is 12.1. The third-order valence-corrected chi connectivity index (χ3v) is 5.50. The lowest BCUT2D eigenvalue weighted by atomic mass is 10.0. The molecule has 2 saturated heterocycles. The summed E-state index contributed by atoms with van der Waals surface area (Å²) < 4.78 is 28.0. The number of aromatic nitrogens is 2. The quantitative estimate of drug-likeness (QED) is 0.840. The van der Waals surface area contributed by atoms with E-state index < -0.39 is 9.84 Å². The maximum absolute atomic E-state index is 11.4. The van der Waals surface area contributed by atoms with Crippen molar-refractivity contribution in [3.63, 3.8) is 0 Å². The second-order valence-electron chi connectivity index (χ2n) is 5.11. The van der Waals surface area contributed by atoms with Crippen LogP contribution in [0, 0.1) is 0 Å². The van der Waals surface area contributed by atoms with Crippen LogP contribution in [0.5, 0.6) is 0 Å². The molecule has 3 rings (SSSR count). The zero-order valence-electron chi connectivity index (χ0n) is 10.1. The van der Waals surface area contributed by atoms with Gasteiger partial charge >= 0.3 is 0 Å². The highest BCUT2D eigenvalue weighted by atomic mass is 32.2. The molecule has 1 aromatic rings. The maximum Gasteiger partial charge on any atom is 0.231 e. The molecule has 18 heavy (non-hydrogen) atoms. The second kappa shape index (κ2) is 4.62. The maximum atomic E-state index is 11.4. The Hall–Kier alpha value is -0.950. The topological polar surface area (TPSA) is 85.1 Å². The van der Waals surface area contributed by atoms with E-state index in [1.54, 1.807) is 0 Å². The Balaban J connectivity index is 1.70. The van der Waals surface area contributed by atoms with Crippen LogP contribution in [-0.4, -0.2) is 43.2 Å². The normalized spacial score (nSPS) is 28.6. The van der Waals surface area contributed by atoms with Gasteiger partial charge in [-0.25, -0.2) is 8.42 Å². The molecule has 6 nitrogen and oxygen atoms in total. The Morgan fingerprint density at radius 3 is 2.61 bits per heavy atom. The van der Waals surface area contributed by atoms with Crippen LogP contribution in [0.15, 0.2) is 4.52 Å². The van der Waals surface area contributed by atoms with Gasteiger partial charge < -0.3 is 9.84 Å². The van der Waals surface area contributed by atoms with Gasteiger partial charge in [-0.3, -0.25) is 0 Å². The van der Waals surface area contributed by atoms with Gasteiger partial charge in [0.05, 0.1) is 17.4 Å². The van der Waals surface area contributed by atoms with Crippen molar-refractivity contribution < 1.29 is 12.9 Å². The smallest absolute Gasteiger partial charge is 0.231 e. The standard InChI is InChI=1S/C11H17N3O3S/c15-18(16)5-2-8(3-6-18)10-13-11(17-14-10)9-1-4-12-7-9/h8-9,12H,1-7H2. The van der Waals surface area contributed by atoms with Crippen molar-refractivity contribution in [1.29, 1.82) is 0 Å². The van der Waals surface area contributed by atoms with Gasteiger partial charge in [-0.1, -0.05) is 5.16 Å². The minimum Gasteiger partial charge on any atom is -0.339 e. The Kier molecular flexibility index (Phi) is 3.11. The molecular formula is C11H17N3O3S. The van der Waals surface area contributed by atoms with Crippen LogP contribution in [-0.2, 0) is 9.84 Å². The zero-order valence-corrected chi connectivity index (χ0v) is 10.9. The highest BCUT2D eigenvalue weighted by molar-refractivity contribution is 7.91. The van der Waals surface area contributed by atoms with Gasteiger partial charge in [0.15, 0.2) is 5.82 Å². The molecule has 1 unspecified atom stereocenters. The third kappa shape index (κ3) is 2.42. The molecule has 1 N–H and O–H groups in total. The number of sulfone groups is 1. The molecule has 0 saturated carbocycles. The number of hydrogen-bond donors (Lipinski definition) is 1. The molecule has 0 amide bonds. The fraction of sp³-hybridized carbons (Fsp3) is 0.818. The minimum atomic E-state index is -2.83. The summed E-state index contributed by atoms with van der Waals surface area (Å²) in [6.07, 6.45) is 2.26. The monoisotopic (exact) mass is 271 g/mol. The molecule has 0 bridgehead atoms. The summed E-state index contributed by atoms with van der Waals surface area (Å²) in [5.74, 6) is 2.33. The van der Waals surface area contributed by atoms with Crippen LogP contribution in [0.3, 0.4) is 0 Å². The van der Waals surface area contributed by atoms with Crippen molar-refractivity contribution in [2.24, 2.45) is 0 Å². The van der Waals surface area contributed by atoms with Crippen molar-refractivity contribution in [3.05, 3.63) is 11.7 Å². The van der Waals surface area contributed by atoms with E-state index in [2.05, 4.69) is 15.5 Å². The molecule has 100 valence electrons. The van der Waals surface area contributed by atoms with Crippen molar-refractivity contribution in [3.8, 4) is 0 Å². The molecule has 2 aliphatic rings. The first-order chi connectivity index (χ1) is 8.64. The fourth-order valence-corrected chi connectivity index (χ4v) is 4.08. The molecule has 0 aliphatic carbocycles. The van der Waals surface area contributed by atoms with Gasteiger partial charge in [0.1, 0.15) is 9.84 Å². The Labute approximate surface area is 106 Å². The summed E-state index contributed by atoms with van der Waals surface area (Å²) in [5, 5.41) is 7.29. The van der Waals surface area contributed by atoms with E-state index >= 15 is 0 Å². The highest BCUT2D eigenvalue weighted by Gasteiger charge is 2.29. The Morgan fingerprint density at radius 2 is 1.94 bits per heavy atom. The van der Waals surface area contributed by atoms with Gasteiger partial charge in [-0.2, -0.15) is 4.98 Å². The summed E-state index contributed by atoms with van der Waals surface area (Å²) >= 11 is 0. The first-order valence-corrected chi connectivity index (χ1v) is 8.21. The van der Waals surface area contributed by atoms with Gasteiger partial charge in [-0.05, 0) is 25.8 Å². The number of hydrogen-bond acceptors (Lipinski definition) is 6. The summed E-state index contributed by atoms with van der Waals surface area (Å²) in [6, 6.07) is 0. The van der Waals surface area contributed by atoms with Crippen LogP contribution in [0.2, 0.25) is 0 Å².